The lowest BCUT2D eigenvalue weighted by Gasteiger charge is -2.32. The summed E-state index contributed by atoms with van der Waals surface area (Å²) in [6.07, 6.45) is 4.99. The van der Waals surface area contributed by atoms with Crippen molar-refractivity contribution in [3.8, 4) is 0 Å². The molecule has 1 amide bonds. The van der Waals surface area contributed by atoms with Crippen LogP contribution in [-0.2, 0) is 6.42 Å². The van der Waals surface area contributed by atoms with Crippen LogP contribution >= 0.6 is 11.3 Å². The quantitative estimate of drug-likeness (QED) is 0.948. The molecular weight excluding hydrogens is 284 g/mol. The van der Waals surface area contributed by atoms with Crippen LogP contribution in [-0.4, -0.2) is 39.1 Å². The maximum absolute atomic E-state index is 12.7. The van der Waals surface area contributed by atoms with Crippen molar-refractivity contribution >= 4 is 17.2 Å². The van der Waals surface area contributed by atoms with E-state index in [0.717, 1.165) is 47.2 Å². The zero-order valence-electron chi connectivity index (χ0n) is 12.4. The molecule has 6 heteroatoms. The molecule has 21 heavy (non-hydrogen) atoms. The third-order valence-electron chi connectivity index (χ3n) is 3.97. The van der Waals surface area contributed by atoms with Gasteiger partial charge in [-0.3, -0.25) is 9.89 Å². The molecule has 1 aliphatic heterocycles. The Morgan fingerprint density at radius 3 is 3.05 bits per heavy atom. The zero-order chi connectivity index (χ0) is 14.8. The predicted molar refractivity (Wildman–Crippen MR) is 82.5 cm³/mol. The monoisotopic (exact) mass is 304 g/mol. The van der Waals surface area contributed by atoms with Gasteiger partial charge in [0.2, 0.25) is 0 Å². The van der Waals surface area contributed by atoms with Crippen LogP contribution in [0.25, 0.3) is 0 Å². The van der Waals surface area contributed by atoms with Gasteiger partial charge in [0, 0.05) is 25.0 Å². The lowest BCUT2D eigenvalue weighted by atomic mass is 9.93. The number of aryl methyl sites for hydroxylation is 2. The molecule has 1 fully saturated rings. The van der Waals surface area contributed by atoms with Crippen molar-refractivity contribution in [2.24, 2.45) is 5.92 Å². The van der Waals surface area contributed by atoms with Crippen molar-refractivity contribution in [3.63, 3.8) is 0 Å². The number of hydrogen-bond donors (Lipinski definition) is 1. The van der Waals surface area contributed by atoms with E-state index in [1.165, 1.54) is 17.8 Å². The summed E-state index contributed by atoms with van der Waals surface area (Å²) in [7, 11) is 0. The molecule has 0 aromatic carbocycles. The van der Waals surface area contributed by atoms with Crippen LogP contribution in [0.1, 0.15) is 38.9 Å². The average molecular weight is 304 g/mol. The van der Waals surface area contributed by atoms with E-state index >= 15 is 0 Å². The van der Waals surface area contributed by atoms with Crippen LogP contribution in [0, 0.1) is 19.8 Å². The molecule has 1 N–H and O–H groups in total. The van der Waals surface area contributed by atoms with Crippen LogP contribution in [0.3, 0.4) is 0 Å². The van der Waals surface area contributed by atoms with Gasteiger partial charge < -0.3 is 4.90 Å². The number of piperidine rings is 1. The van der Waals surface area contributed by atoms with E-state index in [-0.39, 0.29) is 5.91 Å². The van der Waals surface area contributed by atoms with Crippen LogP contribution in [0.2, 0.25) is 0 Å². The van der Waals surface area contributed by atoms with Gasteiger partial charge in [0.1, 0.15) is 4.88 Å². The number of carbonyl (C=O) groups is 1. The Hall–Kier alpha value is -1.69. The Bertz CT molecular complexity index is 620. The van der Waals surface area contributed by atoms with Crippen molar-refractivity contribution in [2.45, 2.75) is 33.1 Å². The predicted octanol–water partition coefficient (Wildman–Crippen LogP) is 2.58. The fourth-order valence-electron chi connectivity index (χ4n) is 3.00. The SMILES string of the molecule is Cc1nc(C)c(C(=O)N2CCC[C@@H](Cc3ccn[nH]3)C2)s1. The lowest BCUT2D eigenvalue weighted by molar-refractivity contribution is 0.0676. The summed E-state index contributed by atoms with van der Waals surface area (Å²) >= 11 is 1.50. The normalized spacial score (nSPS) is 19.0. The second-order valence-electron chi connectivity index (χ2n) is 5.69. The number of rotatable bonds is 3. The highest BCUT2D eigenvalue weighted by Crippen LogP contribution is 2.24. The first-order valence-corrected chi connectivity index (χ1v) is 8.16. The van der Waals surface area contributed by atoms with Crippen LogP contribution < -0.4 is 0 Å². The summed E-state index contributed by atoms with van der Waals surface area (Å²) < 4.78 is 0. The highest BCUT2D eigenvalue weighted by atomic mass is 32.1. The number of nitrogens with one attached hydrogen (secondary N) is 1. The van der Waals surface area contributed by atoms with Gasteiger partial charge in [0.05, 0.1) is 10.7 Å². The minimum Gasteiger partial charge on any atom is -0.338 e. The van der Waals surface area contributed by atoms with E-state index in [1.54, 1.807) is 6.20 Å². The molecular formula is C15H20N4OS. The van der Waals surface area contributed by atoms with E-state index in [1.807, 2.05) is 24.8 Å². The number of thiazole rings is 1. The molecule has 5 nitrogen and oxygen atoms in total. The molecule has 0 unspecified atom stereocenters. The van der Waals surface area contributed by atoms with E-state index < -0.39 is 0 Å². The number of amides is 1. The van der Waals surface area contributed by atoms with Crippen molar-refractivity contribution in [1.82, 2.24) is 20.1 Å². The molecule has 112 valence electrons. The smallest absolute Gasteiger partial charge is 0.265 e. The molecule has 0 aliphatic carbocycles. The first-order chi connectivity index (χ1) is 10.1. The second-order valence-corrected chi connectivity index (χ2v) is 6.90. The maximum atomic E-state index is 12.7. The Labute approximate surface area is 128 Å². The van der Waals surface area contributed by atoms with E-state index in [9.17, 15) is 4.79 Å². The number of H-pyrrole nitrogens is 1. The molecule has 0 saturated carbocycles. The van der Waals surface area contributed by atoms with E-state index in [4.69, 9.17) is 0 Å². The summed E-state index contributed by atoms with van der Waals surface area (Å²) in [5.74, 6) is 0.657. The van der Waals surface area contributed by atoms with E-state index in [2.05, 4.69) is 15.2 Å². The Morgan fingerprint density at radius 2 is 2.38 bits per heavy atom. The summed E-state index contributed by atoms with van der Waals surface area (Å²) in [6, 6.07) is 2.01. The third kappa shape index (κ3) is 3.15. The Kier molecular flexibility index (Phi) is 4.05. The van der Waals surface area contributed by atoms with Crippen molar-refractivity contribution < 1.29 is 4.79 Å². The van der Waals surface area contributed by atoms with Gasteiger partial charge in [-0.05, 0) is 45.1 Å². The summed E-state index contributed by atoms with van der Waals surface area (Å²) in [5, 5.41) is 7.96. The van der Waals surface area contributed by atoms with Gasteiger partial charge in [-0.2, -0.15) is 5.10 Å². The van der Waals surface area contributed by atoms with Gasteiger partial charge in [-0.25, -0.2) is 4.98 Å². The van der Waals surface area contributed by atoms with Gasteiger partial charge in [0.15, 0.2) is 0 Å². The fourth-order valence-corrected chi connectivity index (χ4v) is 3.89. The van der Waals surface area contributed by atoms with Crippen LogP contribution in [0.5, 0.6) is 0 Å². The minimum absolute atomic E-state index is 0.146. The van der Waals surface area contributed by atoms with Gasteiger partial charge in [-0.1, -0.05) is 0 Å². The minimum atomic E-state index is 0.146. The topological polar surface area (TPSA) is 61.9 Å². The first kappa shape index (κ1) is 14.3. The molecule has 0 bridgehead atoms. The molecule has 0 spiro atoms. The molecule has 2 aromatic heterocycles. The molecule has 1 aliphatic rings. The maximum Gasteiger partial charge on any atom is 0.265 e. The van der Waals surface area contributed by atoms with Crippen LogP contribution in [0.4, 0.5) is 0 Å². The number of aromatic amines is 1. The molecule has 1 saturated heterocycles. The van der Waals surface area contributed by atoms with Crippen molar-refractivity contribution in [3.05, 3.63) is 33.5 Å². The zero-order valence-corrected chi connectivity index (χ0v) is 13.2. The molecule has 0 radical (unpaired) electrons. The fraction of sp³-hybridized carbons (Fsp3) is 0.533. The molecule has 2 aromatic rings. The Morgan fingerprint density at radius 1 is 1.52 bits per heavy atom. The van der Waals surface area contributed by atoms with Gasteiger partial charge in [0.25, 0.3) is 5.91 Å². The van der Waals surface area contributed by atoms with Crippen LogP contribution in [0.15, 0.2) is 12.3 Å². The number of likely N-dealkylation sites (tertiary alicyclic amines) is 1. The van der Waals surface area contributed by atoms with Crippen molar-refractivity contribution in [1.29, 1.82) is 0 Å². The molecule has 1 atom stereocenters. The lowest BCUT2D eigenvalue weighted by Crippen LogP contribution is -2.40. The van der Waals surface area contributed by atoms with Crippen molar-refractivity contribution in [2.75, 3.05) is 13.1 Å². The standard InChI is InChI=1S/C15H20N4OS/c1-10-14(21-11(2)17-10)15(20)19-7-3-4-12(9-19)8-13-5-6-16-18-13/h5-6,12H,3-4,7-9H2,1-2H3,(H,16,18)/t12-/m0/s1. The molecule has 3 heterocycles. The highest BCUT2D eigenvalue weighted by molar-refractivity contribution is 7.13. The van der Waals surface area contributed by atoms with Gasteiger partial charge in [-0.15, -0.1) is 11.3 Å². The van der Waals surface area contributed by atoms with E-state index in [0.29, 0.717) is 5.92 Å². The summed E-state index contributed by atoms with van der Waals surface area (Å²) in [5.41, 5.74) is 2.01. The summed E-state index contributed by atoms with van der Waals surface area (Å²) in [6.45, 7) is 5.55. The average Bonchev–Trinajstić information content (AvgIpc) is 3.08. The highest BCUT2D eigenvalue weighted by Gasteiger charge is 2.27. The number of hydrogen-bond acceptors (Lipinski definition) is 4. The second kappa shape index (κ2) is 5.97. The third-order valence-corrected chi connectivity index (χ3v) is 5.03. The molecule has 3 rings (SSSR count). The number of aromatic nitrogens is 3. The summed E-state index contributed by atoms with van der Waals surface area (Å²) in [4.78, 5) is 19.8. The largest absolute Gasteiger partial charge is 0.338 e. The number of carbonyl (C=O) groups excluding carboxylic acids is 1. The van der Waals surface area contributed by atoms with Gasteiger partial charge >= 0.3 is 0 Å². The Balaban J connectivity index is 1.68. The first-order valence-electron chi connectivity index (χ1n) is 7.35. The number of nitrogens with zero attached hydrogens (tertiary/aromatic N) is 3.